The molecule has 20 heteroatoms. The highest BCUT2D eigenvalue weighted by molar-refractivity contribution is 5.91. The summed E-state index contributed by atoms with van der Waals surface area (Å²) in [6.07, 6.45) is -22.6. The van der Waals surface area contributed by atoms with Gasteiger partial charge < -0.3 is 76.2 Å². The molecule has 0 bridgehead atoms. The van der Waals surface area contributed by atoms with Crippen molar-refractivity contribution in [2.45, 2.75) is 139 Å². The van der Waals surface area contributed by atoms with Crippen LogP contribution in [-0.4, -0.2) is 141 Å². The first kappa shape index (κ1) is 76.8. The number of aliphatic hydroxyl groups excluding tert-OH is 1. The molecule has 0 unspecified atom stereocenters. The van der Waals surface area contributed by atoms with Crippen LogP contribution in [-0.2, 0) is 111 Å². The van der Waals surface area contributed by atoms with Crippen LogP contribution >= 0.6 is 0 Å². The molecule has 3 aliphatic heterocycles. The maximum Gasteiger partial charge on any atom is 0.338 e. The molecule has 3 aliphatic rings. The van der Waals surface area contributed by atoms with Gasteiger partial charge in [0.1, 0.15) is 48.8 Å². The van der Waals surface area contributed by atoms with Crippen LogP contribution in [0.2, 0.25) is 0 Å². The minimum atomic E-state index is -1.92. The summed E-state index contributed by atoms with van der Waals surface area (Å²) in [6, 6.07) is 87.9. The van der Waals surface area contributed by atoms with Crippen molar-refractivity contribution in [3.05, 3.63) is 358 Å². The number of hydrogen-bond donors (Lipinski definition) is 1. The number of rotatable bonds is 33. The summed E-state index contributed by atoms with van der Waals surface area (Å²) >= 11 is 0. The molecule has 109 heavy (non-hydrogen) atoms. The summed E-state index contributed by atoms with van der Waals surface area (Å²) in [6.45, 7) is 1.18. The molecule has 3 saturated heterocycles. The summed E-state index contributed by atoms with van der Waals surface area (Å²) in [5, 5.41) is 12.6. The van der Waals surface area contributed by atoms with Crippen LogP contribution in [0.3, 0.4) is 0 Å². The minimum absolute atomic E-state index is 0.00750. The van der Waals surface area contributed by atoms with Gasteiger partial charge in [-0.15, -0.1) is 0 Å². The number of carbonyl (C=O) groups excluding carboxylic acids is 4. The molecule has 0 saturated carbocycles. The van der Waals surface area contributed by atoms with E-state index in [0.29, 0.717) is 0 Å². The zero-order valence-corrected chi connectivity index (χ0v) is 60.0. The highest BCUT2D eigenvalue weighted by Crippen LogP contribution is 2.39. The van der Waals surface area contributed by atoms with Gasteiger partial charge in [-0.25, -0.2) is 19.2 Å². The van der Waals surface area contributed by atoms with Gasteiger partial charge in [0.25, 0.3) is 0 Å². The average Bonchev–Trinajstić information content (AvgIpc) is 0.765. The van der Waals surface area contributed by atoms with Crippen molar-refractivity contribution in [2.75, 3.05) is 19.8 Å². The Morgan fingerprint density at radius 3 is 0.972 bits per heavy atom. The van der Waals surface area contributed by atoms with E-state index < -0.39 is 123 Å². The van der Waals surface area contributed by atoms with E-state index in [1.165, 1.54) is 36.4 Å². The summed E-state index contributed by atoms with van der Waals surface area (Å²) in [7, 11) is 0. The fourth-order valence-electron chi connectivity index (χ4n) is 13.1. The first-order chi connectivity index (χ1) is 53.5. The number of carbonyl (C=O) groups is 4. The smallest absolute Gasteiger partial charge is 0.338 e. The van der Waals surface area contributed by atoms with Crippen LogP contribution in [0, 0.1) is 6.92 Å². The van der Waals surface area contributed by atoms with Gasteiger partial charge in [0, 0.05) is 0 Å². The Morgan fingerprint density at radius 2 is 0.569 bits per heavy atom. The van der Waals surface area contributed by atoms with Gasteiger partial charge in [0.2, 0.25) is 0 Å². The Labute approximate surface area is 633 Å². The second kappa shape index (κ2) is 39.1. The predicted molar refractivity (Wildman–Crippen MR) is 399 cm³/mol. The second-order valence-electron chi connectivity index (χ2n) is 26.6. The van der Waals surface area contributed by atoms with Crippen LogP contribution in [0.25, 0.3) is 0 Å². The Bertz CT molecular complexity index is 4390. The molecule has 15 atom stereocenters. The molecule has 3 fully saturated rings. The molecule has 13 rings (SSSR count). The lowest BCUT2D eigenvalue weighted by Gasteiger charge is -2.49. The zero-order valence-electron chi connectivity index (χ0n) is 60.0. The van der Waals surface area contributed by atoms with Crippen LogP contribution in [0.15, 0.2) is 297 Å². The quantitative estimate of drug-likeness (QED) is 0.0298. The summed E-state index contributed by atoms with van der Waals surface area (Å²) < 4.78 is 103. The Balaban J connectivity index is 0.945. The molecule has 0 amide bonds. The normalized spacial score (nSPS) is 23.9. The third-order valence-electron chi connectivity index (χ3n) is 18.7. The molecule has 10 aromatic carbocycles. The molecule has 0 aliphatic carbocycles. The number of aryl methyl sites for hydroxylation is 1. The summed E-state index contributed by atoms with van der Waals surface area (Å²) in [4.78, 5) is 60.5. The van der Waals surface area contributed by atoms with Gasteiger partial charge in [-0.2, -0.15) is 0 Å². The summed E-state index contributed by atoms with van der Waals surface area (Å²) in [5.41, 5.74) is 6.12. The van der Waals surface area contributed by atoms with E-state index in [4.69, 9.17) is 71.1 Å². The molecule has 0 aromatic heterocycles. The molecule has 3 heterocycles. The van der Waals surface area contributed by atoms with Crippen molar-refractivity contribution in [3.8, 4) is 0 Å². The van der Waals surface area contributed by atoms with Crippen molar-refractivity contribution >= 4 is 23.9 Å². The highest BCUT2D eigenvalue weighted by atomic mass is 16.8. The van der Waals surface area contributed by atoms with Crippen LogP contribution in [0.4, 0.5) is 0 Å². The van der Waals surface area contributed by atoms with Gasteiger partial charge in [-0.05, 0) is 88.8 Å². The lowest BCUT2D eigenvalue weighted by atomic mass is 9.95. The predicted octanol–water partition coefficient (Wildman–Crippen LogP) is 13.5. The topological polar surface area (TPSA) is 227 Å². The van der Waals surface area contributed by atoms with Crippen molar-refractivity contribution in [2.24, 2.45) is 0 Å². The lowest BCUT2D eigenvalue weighted by Crippen LogP contribution is -2.67. The minimum Gasteiger partial charge on any atom is -0.452 e. The highest BCUT2D eigenvalue weighted by Gasteiger charge is 2.58. The van der Waals surface area contributed by atoms with E-state index >= 15 is 19.2 Å². The van der Waals surface area contributed by atoms with E-state index in [1.807, 2.05) is 189 Å². The summed E-state index contributed by atoms with van der Waals surface area (Å²) in [5.74, 6) is -3.54. The average molecular weight is 1480 g/mol. The molecular weight excluding hydrogens is 1390 g/mol. The van der Waals surface area contributed by atoms with Crippen molar-refractivity contribution in [1.29, 1.82) is 0 Å². The molecule has 0 spiro atoms. The van der Waals surface area contributed by atoms with E-state index in [-0.39, 0.29) is 75.1 Å². The SMILES string of the molecule is Cc1ccc(C(=O)O[C@H]2[C@H](OC[C@H]3O[C@@H](O[C@@H]4[C@@H](OCc5ccccc5)[C@@H](O)O[C@H](COCc5ccccc5)[C@H]4OCc4ccccc4)[C@H](OC(=O)c4ccccc4)[C@@H](OC(=O)c4ccccc4)[C@@H]3OC(=O)c3ccccc3)O[C@H](COCc3ccccc3)[C@@H](OCc3ccccc3)[C@@H]2OCc2ccccc2)cc1. The van der Waals surface area contributed by atoms with Crippen molar-refractivity contribution < 1.29 is 95.3 Å². The third kappa shape index (κ3) is 21.3. The standard InChI is InChI=1S/C89H86O20/c1-60-47-49-70(50-48-60)86(93)107-81-77(99-55-65-37-19-6-20-38-65)74(97-53-63-33-15-4-16-34-63)72(58-96-52-62-31-13-3-14-32-62)103-88(81)101-59-73-76(105-83(90)67-41-23-8-24-42-67)79(106-84(91)68-43-25-9-26-44-68)82(108-85(92)69-45-27-10-28-46-69)89(104-73)109-78-75(98-54-64-35-17-5-18-36-64)71(57-95-51-61-29-11-2-12-30-61)102-87(94)80(78)100-56-66-39-21-7-22-40-66/h2-50,71-82,87-89,94H,51-59H2,1H3/t71-,72-,73-,74-,75-,76-,77+,78+,79+,80-,81-,82-,87+,88-,89+/m1/s1. The largest absolute Gasteiger partial charge is 0.452 e. The van der Waals surface area contributed by atoms with Crippen molar-refractivity contribution in [1.82, 2.24) is 0 Å². The zero-order chi connectivity index (χ0) is 74.9. The maximum atomic E-state index is 15.2. The van der Waals surface area contributed by atoms with Gasteiger partial charge >= 0.3 is 23.9 Å². The fourth-order valence-corrected chi connectivity index (χ4v) is 13.1. The molecule has 1 N–H and O–H groups in total. The van der Waals surface area contributed by atoms with Crippen LogP contribution < -0.4 is 0 Å². The van der Waals surface area contributed by atoms with Gasteiger partial charge in [0.05, 0.1) is 81.7 Å². The lowest BCUT2D eigenvalue weighted by molar-refractivity contribution is -0.370. The molecule has 20 nitrogen and oxygen atoms in total. The van der Waals surface area contributed by atoms with Crippen LogP contribution in [0.5, 0.6) is 0 Å². The van der Waals surface area contributed by atoms with E-state index in [9.17, 15) is 5.11 Å². The van der Waals surface area contributed by atoms with E-state index in [1.54, 1.807) is 78.9 Å². The Morgan fingerprint density at radius 1 is 0.275 bits per heavy atom. The first-order valence-electron chi connectivity index (χ1n) is 36.4. The van der Waals surface area contributed by atoms with Crippen LogP contribution in [0.1, 0.15) is 80.4 Å². The van der Waals surface area contributed by atoms with Crippen molar-refractivity contribution in [3.63, 3.8) is 0 Å². The van der Waals surface area contributed by atoms with Gasteiger partial charge in [-0.3, -0.25) is 0 Å². The number of benzene rings is 10. The molecule has 10 aromatic rings. The maximum absolute atomic E-state index is 15.2. The number of ether oxygens (including phenoxy) is 15. The number of hydrogen-bond acceptors (Lipinski definition) is 20. The Kier molecular flexibility index (Phi) is 27.6. The van der Waals surface area contributed by atoms with Gasteiger partial charge in [-0.1, -0.05) is 254 Å². The van der Waals surface area contributed by atoms with E-state index in [2.05, 4.69) is 0 Å². The monoisotopic (exact) mass is 1470 g/mol. The molecular formula is C89H86O20. The third-order valence-corrected chi connectivity index (χ3v) is 18.7. The Hall–Kier alpha value is -10.4. The van der Waals surface area contributed by atoms with E-state index in [0.717, 1.165) is 38.9 Å². The fraction of sp³-hybridized carbons (Fsp3) is 0.281. The molecule has 562 valence electrons. The molecule has 0 radical (unpaired) electrons. The first-order valence-corrected chi connectivity index (χ1v) is 36.4. The number of aliphatic hydroxyl groups is 1. The number of esters is 4. The second-order valence-corrected chi connectivity index (χ2v) is 26.6. The van der Waals surface area contributed by atoms with Gasteiger partial charge in [0.15, 0.2) is 43.3 Å².